The summed E-state index contributed by atoms with van der Waals surface area (Å²) in [6.07, 6.45) is 0.757. The van der Waals surface area contributed by atoms with Gasteiger partial charge in [0.15, 0.2) is 5.96 Å². The second kappa shape index (κ2) is 13.4. The maximum absolute atomic E-state index is 12.0. The maximum atomic E-state index is 12.0. The number of ether oxygens (including phenoxy) is 1. The van der Waals surface area contributed by atoms with Crippen LogP contribution in [0.4, 0.5) is 4.79 Å². The molecule has 0 heterocycles. The Morgan fingerprint density at radius 3 is 2.37 bits per heavy atom. The first-order valence-corrected chi connectivity index (χ1v) is 8.66. The molecule has 11 nitrogen and oxygen atoms in total. The summed E-state index contributed by atoms with van der Waals surface area (Å²) >= 11 is 0. The van der Waals surface area contributed by atoms with Gasteiger partial charge in [-0.1, -0.05) is 13.8 Å². The lowest BCUT2D eigenvalue weighted by Crippen LogP contribution is -2.50. The van der Waals surface area contributed by atoms with Crippen LogP contribution in [0.15, 0.2) is 4.99 Å². The van der Waals surface area contributed by atoms with Gasteiger partial charge >= 0.3 is 6.09 Å². The molecular formula is C16H30N6O5. The van der Waals surface area contributed by atoms with Crippen LogP contribution >= 0.6 is 0 Å². The SMILES string of the molecule is CC(C)COC(=O)NCC(=O)N[C@@H](C)C(=O)NC(C=O)CCCN=C(N)N. The molecular weight excluding hydrogens is 356 g/mol. The Hall–Kier alpha value is -2.85. The lowest BCUT2D eigenvalue weighted by molar-refractivity contribution is -0.129. The number of hydrogen-bond acceptors (Lipinski definition) is 6. The fraction of sp³-hybridized carbons (Fsp3) is 0.688. The van der Waals surface area contributed by atoms with E-state index < -0.39 is 30.0 Å². The van der Waals surface area contributed by atoms with Crippen LogP contribution in [-0.4, -0.2) is 61.9 Å². The topological polar surface area (TPSA) is 178 Å². The van der Waals surface area contributed by atoms with Crippen LogP contribution in [0.1, 0.15) is 33.6 Å². The van der Waals surface area contributed by atoms with E-state index in [0.29, 0.717) is 25.7 Å². The number of nitrogens with one attached hydrogen (secondary N) is 3. The molecule has 0 aliphatic carbocycles. The summed E-state index contributed by atoms with van der Waals surface area (Å²) in [6.45, 7) is 5.48. The van der Waals surface area contributed by atoms with Crippen LogP contribution in [0.3, 0.4) is 0 Å². The van der Waals surface area contributed by atoms with Gasteiger partial charge in [-0.25, -0.2) is 4.79 Å². The number of amides is 3. The third-order valence-electron chi connectivity index (χ3n) is 3.17. The fourth-order valence-corrected chi connectivity index (χ4v) is 1.81. The molecule has 7 N–H and O–H groups in total. The van der Waals surface area contributed by atoms with Gasteiger partial charge in [0, 0.05) is 6.54 Å². The van der Waals surface area contributed by atoms with E-state index in [4.69, 9.17) is 16.2 Å². The third kappa shape index (κ3) is 13.1. The highest BCUT2D eigenvalue weighted by molar-refractivity contribution is 5.90. The number of nitrogens with two attached hydrogens (primary N) is 2. The zero-order valence-electron chi connectivity index (χ0n) is 16.0. The predicted molar refractivity (Wildman–Crippen MR) is 99.7 cm³/mol. The summed E-state index contributed by atoms with van der Waals surface area (Å²) in [5.74, 6) is -0.947. The van der Waals surface area contributed by atoms with Gasteiger partial charge in [0.05, 0.1) is 12.6 Å². The number of carbonyl (C=O) groups excluding carboxylic acids is 4. The second-order valence-corrected chi connectivity index (χ2v) is 6.34. The summed E-state index contributed by atoms with van der Waals surface area (Å²) in [7, 11) is 0. The van der Waals surface area contributed by atoms with Crippen molar-refractivity contribution in [1.82, 2.24) is 16.0 Å². The van der Waals surface area contributed by atoms with Crippen LogP contribution in [-0.2, 0) is 19.1 Å². The first-order valence-electron chi connectivity index (χ1n) is 8.66. The van der Waals surface area contributed by atoms with Crippen LogP contribution in [0, 0.1) is 5.92 Å². The second-order valence-electron chi connectivity index (χ2n) is 6.34. The van der Waals surface area contributed by atoms with Crippen molar-refractivity contribution in [2.45, 2.75) is 45.7 Å². The first kappa shape index (κ1) is 24.1. The highest BCUT2D eigenvalue weighted by Crippen LogP contribution is 1.97. The van der Waals surface area contributed by atoms with E-state index in [-0.39, 0.29) is 25.0 Å². The molecule has 11 heteroatoms. The van der Waals surface area contributed by atoms with E-state index in [1.807, 2.05) is 13.8 Å². The summed E-state index contributed by atoms with van der Waals surface area (Å²) in [5, 5.41) is 7.22. The molecule has 0 bridgehead atoms. The molecule has 3 amide bonds. The zero-order valence-corrected chi connectivity index (χ0v) is 16.0. The molecule has 0 aliphatic heterocycles. The Balaban J connectivity index is 4.19. The molecule has 0 aromatic carbocycles. The van der Waals surface area contributed by atoms with E-state index in [0.717, 1.165) is 0 Å². The fourth-order valence-electron chi connectivity index (χ4n) is 1.81. The van der Waals surface area contributed by atoms with E-state index in [9.17, 15) is 19.2 Å². The molecule has 0 saturated carbocycles. The maximum Gasteiger partial charge on any atom is 0.407 e. The molecule has 0 aliphatic rings. The molecule has 0 radical (unpaired) electrons. The van der Waals surface area contributed by atoms with E-state index in [1.165, 1.54) is 6.92 Å². The Labute approximate surface area is 158 Å². The number of rotatable bonds is 12. The summed E-state index contributed by atoms with van der Waals surface area (Å²) in [5.41, 5.74) is 10.4. The van der Waals surface area contributed by atoms with Crippen LogP contribution in [0.2, 0.25) is 0 Å². The van der Waals surface area contributed by atoms with Gasteiger partial charge in [-0.15, -0.1) is 0 Å². The molecule has 0 fully saturated rings. The van der Waals surface area contributed by atoms with Crippen LogP contribution < -0.4 is 27.4 Å². The van der Waals surface area contributed by atoms with Crippen molar-refractivity contribution in [2.75, 3.05) is 19.7 Å². The molecule has 0 rings (SSSR count). The van der Waals surface area contributed by atoms with Crippen molar-refractivity contribution in [3.05, 3.63) is 0 Å². The molecule has 27 heavy (non-hydrogen) atoms. The number of aldehydes is 1. The average Bonchev–Trinajstić information content (AvgIpc) is 2.60. The van der Waals surface area contributed by atoms with Crippen molar-refractivity contribution < 1.29 is 23.9 Å². The Bertz CT molecular complexity index is 533. The summed E-state index contributed by atoms with van der Waals surface area (Å²) in [4.78, 5) is 50.0. The first-order chi connectivity index (χ1) is 12.6. The standard InChI is InChI=1S/C16H30N6O5/c1-10(2)9-27-16(26)20-7-13(24)21-11(3)14(25)22-12(8-23)5-4-6-19-15(17)18/h8,10-12H,4-7,9H2,1-3H3,(H,20,26)(H,21,24)(H,22,25)(H4,17,18,19)/t11-,12?/m0/s1. The molecule has 0 spiro atoms. The van der Waals surface area contributed by atoms with Crippen molar-refractivity contribution in [3.8, 4) is 0 Å². The molecule has 154 valence electrons. The number of aliphatic imine (C=N–C) groups is 1. The minimum atomic E-state index is -0.883. The largest absolute Gasteiger partial charge is 0.449 e. The highest BCUT2D eigenvalue weighted by atomic mass is 16.5. The Morgan fingerprint density at radius 2 is 1.81 bits per heavy atom. The normalized spacial score (nSPS) is 12.4. The molecule has 0 saturated heterocycles. The average molecular weight is 386 g/mol. The lowest BCUT2D eigenvalue weighted by atomic mass is 10.1. The van der Waals surface area contributed by atoms with Crippen molar-refractivity contribution >= 4 is 30.2 Å². The van der Waals surface area contributed by atoms with E-state index in [1.54, 1.807) is 0 Å². The third-order valence-corrected chi connectivity index (χ3v) is 3.17. The van der Waals surface area contributed by atoms with Crippen molar-refractivity contribution in [1.29, 1.82) is 0 Å². The van der Waals surface area contributed by atoms with Gasteiger partial charge in [-0.2, -0.15) is 0 Å². The molecule has 2 atom stereocenters. The van der Waals surface area contributed by atoms with E-state index >= 15 is 0 Å². The van der Waals surface area contributed by atoms with Gasteiger partial charge in [-0.3, -0.25) is 14.6 Å². The zero-order chi connectivity index (χ0) is 20.8. The van der Waals surface area contributed by atoms with Gasteiger partial charge < -0.3 is 36.9 Å². The summed E-state index contributed by atoms with van der Waals surface area (Å²) in [6, 6.07) is -1.60. The van der Waals surface area contributed by atoms with Gasteiger partial charge in [0.2, 0.25) is 11.8 Å². The molecule has 0 aromatic heterocycles. The number of hydrogen-bond donors (Lipinski definition) is 5. The van der Waals surface area contributed by atoms with Gasteiger partial charge in [-0.05, 0) is 25.7 Å². The number of guanidine groups is 1. The minimum Gasteiger partial charge on any atom is -0.449 e. The van der Waals surface area contributed by atoms with Crippen LogP contribution in [0.5, 0.6) is 0 Å². The van der Waals surface area contributed by atoms with Gasteiger partial charge in [0.25, 0.3) is 0 Å². The van der Waals surface area contributed by atoms with Gasteiger partial charge in [0.1, 0.15) is 18.9 Å². The number of nitrogens with zero attached hydrogens (tertiary/aromatic N) is 1. The Morgan fingerprint density at radius 1 is 1.15 bits per heavy atom. The number of alkyl carbamates (subject to hydrolysis) is 1. The smallest absolute Gasteiger partial charge is 0.407 e. The lowest BCUT2D eigenvalue weighted by Gasteiger charge is -2.17. The van der Waals surface area contributed by atoms with Crippen molar-refractivity contribution in [2.24, 2.45) is 22.4 Å². The van der Waals surface area contributed by atoms with Crippen LogP contribution in [0.25, 0.3) is 0 Å². The summed E-state index contributed by atoms with van der Waals surface area (Å²) < 4.78 is 4.86. The number of carbonyl (C=O) groups is 4. The molecule has 0 aromatic rings. The minimum absolute atomic E-state index is 0.0419. The highest BCUT2D eigenvalue weighted by Gasteiger charge is 2.19. The van der Waals surface area contributed by atoms with Crippen molar-refractivity contribution in [3.63, 3.8) is 0 Å². The monoisotopic (exact) mass is 386 g/mol. The Kier molecular flexibility index (Phi) is 12.0. The molecule has 1 unspecified atom stereocenters. The predicted octanol–water partition coefficient (Wildman–Crippen LogP) is -1.39. The quantitative estimate of drug-likeness (QED) is 0.119. The van der Waals surface area contributed by atoms with E-state index in [2.05, 4.69) is 20.9 Å².